The van der Waals surface area contributed by atoms with Crippen LogP contribution in [-0.2, 0) is 0 Å². The molecule has 0 spiro atoms. The van der Waals surface area contributed by atoms with Gasteiger partial charge in [-0.15, -0.1) is 0 Å². The van der Waals surface area contributed by atoms with Gasteiger partial charge < -0.3 is 9.15 Å². The van der Waals surface area contributed by atoms with Gasteiger partial charge in [0.25, 0.3) is 0 Å². The first kappa shape index (κ1) is 16.3. The number of ether oxygens (including phenoxy) is 1. The minimum Gasteiger partial charge on any atom is -0.488 e. The Balaban J connectivity index is 1.85. The Morgan fingerprint density at radius 3 is 2.50 bits per heavy atom. The van der Waals surface area contributed by atoms with Crippen molar-refractivity contribution in [2.24, 2.45) is 0 Å². The zero-order valence-electron chi connectivity index (χ0n) is 14.9. The first-order valence-corrected chi connectivity index (χ1v) is 8.52. The molecule has 0 aliphatic carbocycles. The molecule has 130 valence electrons. The summed E-state index contributed by atoms with van der Waals surface area (Å²) in [6.07, 6.45) is 1.71. The number of fused-ring (bicyclic) bond motifs is 2. The highest BCUT2D eigenvalue weighted by Crippen LogP contribution is 2.27. The van der Waals surface area contributed by atoms with Crippen molar-refractivity contribution >= 4 is 21.9 Å². The van der Waals surface area contributed by atoms with Crippen LogP contribution in [0.25, 0.3) is 33.2 Å². The SMILES string of the molecule is CC(C)(C)Oc1ccnc(-c2ccc3oc4ccccc4c(=O)c3c2)c1. The molecule has 4 nitrogen and oxygen atoms in total. The van der Waals surface area contributed by atoms with Crippen molar-refractivity contribution in [1.82, 2.24) is 4.98 Å². The minimum atomic E-state index is -0.290. The van der Waals surface area contributed by atoms with Crippen LogP contribution in [0.5, 0.6) is 5.75 Å². The lowest BCUT2D eigenvalue weighted by Gasteiger charge is -2.21. The summed E-state index contributed by atoms with van der Waals surface area (Å²) in [6.45, 7) is 6.00. The molecule has 0 bridgehead atoms. The average Bonchev–Trinajstić information content (AvgIpc) is 2.60. The predicted octanol–water partition coefficient (Wildman–Crippen LogP) is 5.19. The standard InChI is InChI=1S/C22H19NO3/c1-22(2,3)26-15-10-11-23-18(13-15)14-8-9-20-17(12-14)21(24)16-6-4-5-7-19(16)25-20/h4-13H,1-3H3. The molecule has 0 N–H and O–H groups in total. The second-order valence-electron chi connectivity index (χ2n) is 7.23. The van der Waals surface area contributed by atoms with Crippen molar-refractivity contribution < 1.29 is 9.15 Å². The summed E-state index contributed by atoms with van der Waals surface area (Å²) in [7, 11) is 0. The molecule has 0 aliphatic heterocycles. The van der Waals surface area contributed by atoms with Gasteiger partial charge in [-0.2, -0.15) is 0 Å². The maximum Gasteiger partial charge on any atom is 0.200 e. The van der Waals surface area contributed by atoms with Crippen LogP contribution in [0.1, 0.15) is 20.8 Å². The highest BCUT2D eigenvalue weighted by atomic mass is 16.5. The average molecular weight is 345 g/mol. The number of hydrogen-bond donors (Lipinski definition) is 0. The molecule has 4 rings (SSSR count). The molecule has 0 saturated heterocycles. The number of para-hydroxylation sites is 1. The van der Waals surface area contributed by atoms with Gasteiger partial charge in [-0.05, 0) is 57.2 Å². The van der Waals surface area contributed by atoms with Crippen molar-refractivity contribution in [3.63, 3.8) is 0 Å². The molecule has 2 heterocycles. The van der Waals surface area contributed by atoms with Crippen LogP contribution in [0.15, 0.2) is 70.0 Å². The topological polar surface area (TPSA) is 52.3 Å². The molecule has 0 aliphatic rings. The Bertz CT molecular complexity index is 1170. The van der Waals surface area contributed by atoms with E-state index in [0.717, 1.165) is 17.0 Å². The minimum absolute atomic E-state index is 0.0363. The van der Waals surface area contributed by atoms with E-state index in [1.165, 1.54) is 0 Å². The Labute approximate surface area is 151 Å². The zero-order valence-corrected chi connectivity index (χ0v) is 14.9. The van der Waals surface area contributed by atoms with E-state index in [-0.39, 0.29) is 11.0 Å². The largest absolute Gasteiger partial charge is 0.488 e. The summed E-state index contributed by atoms with van der Waals surface area (Å²) in [5, 5.41) is 1.13. The van der Waals surface area contributed by atoms with Crippen molar-refractivity contribution in [1.29, 1.82) is 0 Å². The number of hydrogen-bond acceptors (Lipinski definition) is 4. The maximum absolute atomic E-state index is 12.8. The van der Waals surface area contributed by atoms with E-state index >= 15 is 0 Å². The Kier molecular flexibility index (Phi) is 3.76. The van der Waals surface area contributed by atoms with Gasteiger partial charge in [0.2, 0.25) is 5.43 Å². The van der Waals surface area contributed by atoms with Crippen LogP contribution < -0.4 is 10.2 Å². The summed E-state index contributed by atoms with van der Waals surface area (Å²) in [5.74, 6) is 0.744. The monoisotopic (exact) mass is 345 g/mol. The van der Waals surface area contributed by atoms with Crippen LogP contribution in [0.4, 0.5) is 0 Å². The number of aromatic nitrogens is 1. The van der Waals surface area contributed by atoms with Gasteiger partial charge in [-0.1, -0.05) is 12.1 Å². The molecule has 0 atom stereocenters. The van der Waals surface area contributed by atoms with Crippen LogP contribution >= 0.6 is 0 Å². The third-order valence-electron chi connectivity index (χ3n) is 4.03. The van der Waals surface area contributed by atoms with E-state index in [1.807, 2.05) is 63.2 Å². The quantitative estimate of drug-likeness (QED) is 0.469. The van der Waals surface area contributed by atoms with Crippen LogP contribution in [-0.4, -0.2) is 10.6 Å². The molecule has 4 aromatic rings. The first-order valence-electron chi connectivity index (χ1n) is 8.52. The predicted molar refractivity (Wildman–Crippen MR) is 104 cm³/mol. The molecular weight excluding hydrogens is 326 g/mol. The van der Waals surface area contributed by atoms with Crippen molar-refractivity contribution in [2.75, 3.05) is 0 Å². The number of rotatable bonds is 2. The fourth-order valence-corrected chi connectivity index (χ4v) is 2.95. The summed E-state index contributed by atoms with van der Waals surface area (Å²) >= 11 is 0. The molecule has 0 radical (unpaired) electrons. The van der Waals surface area contributed by atoms with Crippen LogP contribution in [0, 0.1) is 0 Å². The van der Waals surface area contributed by atoms with E-state index < -0.39 is 0 Å². The summed E-state index contributed by atoms with van der Waals surface area (Å²) < 4.78 is 11.8. The zero-order chi connectivity index (χ0) is 18.3. The number of pyridine rings is 1. The van der Waals surface area contributed by atoms with Gasteiger partial charge in [0, 0.05) is 17.8 Å². The van der Waals surface area contributed by atoms with E-state index in [1.54, 1.807) is 18.3 Å². The normalized spacial score (nSPS) is 11.8. The summed E-state index contributed by atoms with van der Waals surface area (Å²) in [5.41, 5.74) is 2.43. The molecular formula is C22H19NO3. The third-order valence-corrected chi connectivity index (χ3v) is 4.03. The first-order chi connectivity index (χ1) is 12.4. The molecule has 0 fully saturated rings. The lowest BCUT2D eigenvalue weighted by atomic mass is 10.1. The van der Waals surface area contributed by atoms with Gasteiger partial charge in [-0.3, -0.25) is 9.78 Å². The van der Waals surface area contributed by atoms with Crippen LogP contribution in [0.2, 0.25) is 0 Å². The van der Waals surface area contributed by atoms with E-state index in [0.29, 0.717) is 21.9 Å². The summed E-state index contributed by atoms with van der Waals surface area (Å²) in [6, 6.07) is 16.5. The molecule has 0 amide bonds. The maximum atomic E-state index is 12.8. The van der Waals surface area contributed by atoms with Crippen LogP contribution in [0.3, 0.4) is 0 Å². The second-order valence-corrected chi connectivity index (χ2v) is 7.23. The van der Waals surface area contributed by atoms with Crippen molar-refractivity contribution in [3.05, 3.63) is 71.0 Å². The van der Waals surface area contributed by atoms with Gasteiger partial charge in [0.05, 0.1) is 16.5 Å². The molecule has 0 unspecified atom stereocenters. The highest BCUT2D eigenvalue weighted by molar-refractivity contribution is 5.91. The van der Waals surface area contributed by atoms with E-state index in [4.69, 9.17) is 9.15 Å². The fourth-order valence-electron chi connectivity index (χ4n) is 2.95. The lowest BCUT2D eigenvalue weighted by Crippen LogP contribution is -2.22. The molecule has 0 saturated carbocycles. The summed E-state index contributed by atoms with van der Waals surface area (Å²) in [4.78, 5) is 17.2. The highest BCUT2D eigenvalue weighted by Gasteiger charge is 2.13. The Hall–Kier alpha value is -3.14. The third kappa shape index (κ3) is 3.06. The molecule has 4 heteroatoms. The van der Waals surface area contributed by atoms with E-state index in [2.05, 4.69) is 4.98 Å². The molecule has 26 heavy (non-hydrogen) atoms. The van der Waals surface area contributed by atoms with Gasteiger partial charge in [0.15, 0.2) is 0 Å². The fraction of sp³-hybridized carbons (Fsp3) is 0.182. The second kappa shape index (κ2) is 5.99. The Morgan fingerprint density at radius 1 is 0.923 bits per heavy atom. The molecule has 2 aromatic heterocycles. The smallest absolute Gasteiger partial charge is 0.200 e. The Morgan fingerprint density at radius 2 is 1.69 bits per heavy atom. The number of benzene rings is 2. The van der Waals surface area contributed by atoms with Crippen molar-refractivity contribution in [2.45, 2.75) is 26.4 Å². The van der Waals surface area contributed by atoms with E-state index in [9.17, 15) is 4.79 Å². The van der Waals surface area contributed by atoms with Gasteiger partial charge >= 0.3 is 0 Å². The van der Waals surface area contributed by atoms with Gasteiger partial charge in [0.1, 0.15) is 22.5 Å². The van der Waals surface area contributed by atoms with Gasteiger partial charge in [-0.25, -0.2) is 0 Å². The number of nitrogens with zero attached hydrogens (tertiary/aromatic N) is 1. The van der Waals surface area contributed by atoms with Crippen molar-refractivity contribution in [3.8, 4) is 17.0 Å². The molecule has 2 aromatic carbocycles. The lowest BCUT2D eigenvalue weighted by molar-refractivity contribution is 0.131.